The predicted molar refractivity (Wildman–Crippen MR) is 92.0 cm³/mol. The van der Waals surface area contributed by atoms with Gasteiger partial charge in [-0.3, -0.25) is 9.59 Å². The van der Waals surface area contributed by atoms with Crippen molar-refractivity contribution >= 4 is 17.5 Å². The molecule has 1 aromatic carbocycles. The van der Waals surface area contributed by atoms with Gasteiger partial charge in [-0.05, 0) is 43.0 Å². The highest BCUT2D eigenvalue weighted by Crippen LogP contribution is 2.31. The maximum Gasteiger partial charge on any atom is 0.307 e. The zero-order valence-corrected chi connectivity index (χ0v) is 13.9. The number of amides is 2. The lowest BCUT2D eigenvalue weighted by atomic mass is 10.0. The Labute approximate surface area is 145 Å². The van der Waals surface area contributed by atoms with Crippen molar-refractivity contribution in [1.82, 2.24) is 15.6 Å². The van der Waals surface area contributed by atoms with Crippen LogP contribution in [0.1, 0.15) is 30.5 Å². The number of hydrogen-bond donors (Lipinski definition) is 3. The van der Waals surface area contributed by atoms with E-state index in [1.165, 1.54) is 6.92 Å². The monoisotopic (exact) mass is 340 g/mol. The van der Waals surface area contributed by atoms with Crippen LogP contribution in [0.2, 0.25) is 0 Å². The number of hydrogen-bond acceptors (Lipinski definition) is 5. The summed E-state index contributed by atoms with van der Waals surface area (Å²) in [5.74, 6) is 0.719. The zero-order valence-electron chi connectivity index (χ0n) is 13.9. The average molecular weight is 340 g/mol. The highest BCUT2D eigenvalue weighted by Gasteiger charge is 2.40. The van der Waals surface area contributed by atoms with Gasteiger partial charge in [-0.25, -0.2) is 4.98 Å². The Hall–Kier alpha value is -2.67. The van der Waals surface area contributed by atoms with E-state index in [2.05, 4.69) is 20.9 Å². The van der Waals surface area contributed by atoms with Gasteiger partial charge in [0.2, 0.25) is 5.91 Å². The maximum absolute atomic E-state index is 12.4. The number of aromatic nitrogens is 1. The third-order valence-electron chi connectivity index (χ3n) is 4.87. The van der Waals surface area contributed by atoms with E-state index in [0.717, 1.165) is 24.9 Å². The molecule has 25 heavy (non-hydrogen) atoms. The molecule has 1 saturated heterocycles. The number of carbonyl (C=O) groups excluding carboxylic acids is 2. The Morgan fingerprint density at radius 3 is 2.68 bits per heavy atom. The van der Waals surface area contributed by atoms with E-state index in [1.54, 1.807) is 18.3 Å². The molecule has 2 aromatic rings. The van der Waals surface area contributed by atoms with E-state index in [9.17, 15) is 9.59 Å². The minimum atomic E-state index is -0.265. The van der Waals surface area contributed by atoms with Gasteiger partial charge in [0.25, 0.3) is 5.89 Å². The molecule has 1 saturated carbocycles. The summed E-state index contributed by atoms with van der Waals surface area (Å²) in [7, 11) is 0. The largest absolute Gasteiger partial charge is 0.432 e. The van der Waals surface area contributed by atoms with Gasteiger partial charge >= 0.3 is 5.91 Å². The van der Waals surface area contributed by atoms with Crippen molar-refractivity contribution in [1.29, 1.82) is 0 Å². The van der Waals surface area contributed by atoms with Gasteiger partial charge in [-0.2, -0.15) is 0 Å². The van der Waals surface area contributed by atoms with Gasteiger partial charge in [0, 0.05) is 36.8 Å². The molecule has 1 aliphatic heterocycles. The van der Waals surface area contributed by atoms with Crippen LogP contribution in [-0.2, 0) is 4.79 Å². The Balaban J connectivity index is 1.42. The summed E-state index contributed by atoms with van der Waals surface area (Å²) in [6.45, 7) is 2.43. The molecule has 0 radical (unpaired) electrons. The Morgan fingerprint density at radius 2 is 2.04 bits per heavy atom. The standard InChI is InChI=1S/C18H20N4O3/c1-10(23)21-13-4-2-11(3-5-13)16-9-20-18(25-16)17(24)22-15-7-14-6-12(15)8-19-14/h2-5,9,12,14-15,19H,6-8H2,1H3,(H,21,23)(H,22,24). The fourth-order valence-electron chi connectivity index (χ4n) is 3.68. The molecule has 1 aromatic heterocycles. The summed E-state index contributed by atoms with van der Waals surface area (Å²) in [6.07, 6.45) is 3.64. The van der Waals surface area contributed by atoms with Gasteiger partial charge in [0.05, 0.1) is 6.20 Å². The van der Waals surface area contributed by atoms with Crippen molar-refractivity contribution in [2.75, 3.05) is 11.9 Å². The molecule has 7 nitrogen and oxygen atoms in total. The SMILES string of the molecule is CC(=O)Nc1ccc(-c2cnc(C(=O)NC3CC4CC3CN4)o2)cc1. The van der Waals surface area contributed by atoms with E-state index in [-0.39, 0.29) is 23.7 Å². The normalized spacial score (nSPS) is 24.3. The van der Waals surface area contributed by atoms with Crippen LogP contribution in [0.25, 0.3) is 11.3 Å². The van der Waals surface area contributed by atoms with Crippen molar-refractivity contribution in [2.24, 2.45) is 5.92 Å². The molecule has 2 fully saturated rings. The number of oxazole rings is 1. The molecular formula is C18H20N4O3. The molecule has 2 amide bonds. The van der Waals surface area contributed by atoms with E-state index in [1.807, 2.05) is 12.1 Å². The van der Waals surface area contributed by atoms with Gasteiger partial charge in [0.1, 0.15) is 0 Å². The lowest BCUT2D eigenvalue weighted by Crippen LogP contribution is -2.44. The number of nitrogens with one attached hydrogen (secondary N) is 3. The number of anilines is 1. The van der Waals surface area contributed by atoms with E-state index in [4.69, 9.17) is 4.42 Å². The van der Waals surface area contributed by atoms with Gasteiger partial charge in [0.15, 0.2) is 5.76 Å². The lowest BCUT2D eigenvalue weighted by molar-refractivity contribution is -0.114. The average Bonchev–Trinajstić information content (AvgIpc) is 3.31. The van der Waals surface area contributed by atoms with Crippen LogP contribution in [0.3, 0.4) is 0 Å². The van der Waals surface area contributed by atoms with Crippen LogP contribution in [0.5, 0.6) is 0 Å². The second-order valence-corrected chi connectivity index (χ2v) is 6.70. The topological polar surface area (TPSA) is 96.3 Å². The Kier molecular flexibility index (Phi) is 4.01. The van der Waals surface area contributed by atoms with Crippen LogP contribution < -0.4 is 16.0 Å². The molecule has 3 atom stereocenters. The Bertz CT molecular complexity index is 799. The zero-order chi connectivity index (χ0) is 17.4. The smallest absolute Gasteiger partial charge is 0.307 e. The maximum atomic E-state index is 12.4. The van der Waals surface area contributed by atoms with Crippen molar-refractivity contribution in [3.8, 4) is 11.3 Å². The van der Waals surface area contributed by atoms with E-state index in [0.29, 0.717) is 23.4 Å². The molecule has 1 aliphatic carbocycles. The molecule has 7 heteroatoms. The fourth-order valence-corrected chi connectivity index (χ4v) is 3.68. The minimum Gasteiger partial charge on any atom is -0.432 e. The molecule has 2 heterocycles. The quantitative estimate of drug-likeness (QED) is 0.788. The van der Waals surface area contributed by atoms with Crippen LogP contribution in [0.4, 0.5) is 5.69 Å². The molecule has 4 rings (SSSR count). The first-order chi connectivity index (χ1) is 12.1. The number of carbonyl (C=O) groups is 2. The summed E-state index contributed by atoms with van der Waals surface area (Å²) < 4.78 is 5.62. The second kappa shape index (κ2) is 6.33. The van der Waals surface area contributed by atoms with Crippen molar-refractivity contribution in [3.63, 3.8) is 0 Å². The van der Waals surface area contributed by atoms with Crippen LogP contribution in [0, 0.1) is 5.92 Å². The number of fused-ring (bicyclic) bond motifs is 2. The number of piperidine rings is 1. The minimum absolute atomic E-state index is 0.0803. The molecule has 2 bridgehead atoms. The summed E-state index contributed by atoms with van der Waals surface area (Å²) >= 11 is 0. The summed E-state index contributed by atoms with van der Waals surface area (Å²) in [5.41, 5.74) is 1.50. The van der Waals surface area contributed by atoms with E-state index >= 15 is 0 Å². The number of nitrogens with zero attached hydrogens (tertiary/aromatic N) is 1. The third kappa shape index (κ3) is 3.28. The number of benzene rings is 1. The predicted octanol–water partition coefficient (Wildman–Crippen LogP) is 1.78. The summed E-state index contributed by atoms with van der Waals surface area (Å²) in [4.78, 5) is 27.5. The first kappa shape index (κ1) is 15.8. The molecule has 3 unspecified atom stereocenters. The van der Waals surface area contributed by atoms with Crippen molar-refractivity contribution in [3.05, 3.63) is 36.4 Å². The fraction of sp³-hybridized carbons (Fsp3) is 0.389. The van der Waals surface area contributed by atoms with Crippen molar-refractivity contribution < 1.29 is 14.0 Å². The molecule has 3 N–H and O–H groups in total. The molecule has 2 aliphatic rings. The van der Waals surface area contributed by atoms with Crippen LogP contribution in [-0.4, -0.2) is 35.4 Å². The summed E-state index contributed by atoms with van der Waals surface area (Å²) in [5, 5.41) is 9.17. The first-order valence-electron chi connectivity index (χ1n) is 8.46. The molecular weight excluding hydrogens is 320 g/mol. The van der Waals surface area contributed by atoms with Gasteiger partial charge in [-0.15, -0.1) is 0 Å². The van der Waals surface area contributed by atoms with Crippen molar-refractivity contribution in [2.45, 2.75) is 31.8 Å². The van der Waals surface area contributed by atoms with Gasteiger partial charge < -0.3 is 20.4 Å². The first-order valence-corrected chi connectivity index (χ1v) is 8.46. The van der Waals surface area contributed by atoms with E-state index < -0.39 is 0 Å². The highest BCUT2D eigenvalue weighted by atomic mass is 16.4. The number of rotatable bonds is 4. The highest BCUT2D eigenvalue weighted by molar-refractivity contribution is 5.90. The third-order valence-corrected chi connectivity index (χ3v) is 4.87. The van der Waals surface area contributed by atoms with Crippen LogP contribution >= 0.6 is 0 Å². The van der Waals surface area contributed by atoms with Crippen LogP contribution in [0.15, 0.2) is 34.9 Å². The molecule has 130 valence electrons. The Morgan fingerprint density at radius 1 is 1.24 bits per heavy atom. The van der Waals surface area contributed by atoms with Gasteiger partial charge in [-0.1, -0.05) is 0 Å². The molecule has 0 spiro atoms. The summed E-state index contributed by atoms with van der Waals surface area (Å²) in [6, 6.07) is 7.91. The second-order valence-electron chi connectivity index (χ2n) is 6.70. The lowest BCUT2D eigenvalue weighted by Gasteiger charge is -2.22.